The summed E-state index contributed by atoms with van der Waals surface area (Å²) in [6, 6.07) is 1.82. The average Bonchev–Trinajstić information content (AvgIpc) is 2.40. The molecule has 2 rings (SSSR count). The zero-order valence-electron chi connectivity index (χ0n) is 11.9. The molecule has 1 aliphatic carbocycles. The maximum absolute atomic E-state index is 12.3. The molecule has 1 aromatic heterocycles. The van der Waals surface area contributed by atoms with Gasteiger partial charge in [0.15, 0.2) is 0 Å². The van der Waals surface area contributed by atoms with E-state index in [2.05, 4.69) is 38.5 Å². The second-order valence-electron chi connectivity index (χ2n) is 5.32. The Hall–Kier alpha value is -1.10. The van der Waals surface area contributed by atoms with E-state index in [4.69, 9.17) is 0 Å². The summed E-state index contributed by atoms with van der Waals surface area (Å²) >= 11 is 3.37. The van der Waals surface area contributed by atoms with Gasteiger partial charge in [-0.25, -0.2) is 4.98 Å². The van der Waals surface area contributed by atoms with Crippen molar-refractivity contribution in [3.63, 3.8) is 0 Å². The number of nitrogens with zero attached hydrogens (tertiary/aromatic N) is 1. The Bertz CT molecular complexity index is 460. The summed E-state index contributed by atoms with van der Waals surface area (Å²) in [6.45, 7) is 3.66. The van der Waals surface area contributed by atoms with Gasteiger partial charge < -0.3 is 10.6 Å². The number of carbonyl (C=O) groups excluding carboxylic acids is 1. The monoisotopic (exact) mass is 339 g/mol. The molecule has 0 bridgehead atoms. The summed E-state index contributed by atoms with van der Waals surface area (Å²) < 4.78 is 0.823. The average molecular weight is 340 g/mol. The lowest BCUT2D eigenvalue weighted by atomic mass is 9.83. The van der Waals surface area contributed by atoms with E-state index in [9.17, 15) is 4.79 Å². The van der Waals surface area contributed by atoms with Crippen LogP contribution in [0.25, 0.3) is 0 Å². The van der Waals surface area contributed by atoms with Crippen molar-refractivity contribution in [2.75, 3.05) is 18.4 Å². The number of hydrogen-bond acceptors (Lipinski definition) is 3. The zero-order valence-corrected chi connectivity index (χ0v) is 13.5. The van der Waals surface area contributed by atoms with E-state index in [1.807, 2.05) is 6.07 Å². The van der Waals surface area contributed by atoms with Crippen LogP contribution in [0.2, 0.25) is 0 Å². The predicted octanol–water partition coefficient (Wildman–Crippen LogP) is 3.59. The van der Waals surface area contributed by atoms with Crippen molar-refractivity contribution in [1.29, 1.82) is 0 Å². The Morgan fingerprint density at radius 2 is 2.25 bits per heavy atom. The van der Waals surface area contributed by atoms with E-state index in [0.717, 1.165) is 36.3 Å². The summed E-state index contributed by atoms with van der Waals surface area (Å²) in [6.07, 6.45) is 7.78. The summed E-state index contributed by atoms with van der Waals surface area (Å²) in [5, 5.41) is 6.20. The third kappa shape index (κ3) is 4.20. The first-order valence-electron chi connectivity index (χ1n) is 7.38. The largest absolute Gasteiger partial charge is 0.369 e. The standard InChI is InChI=1S/C15H22BrN3O/c1-2-7-17-14-13(9-12(16)10-19-14)15(20)18-8-6-11-4-3-5-11/h9-11H,2-8H2,1H3,(H,17,19)(H,18,20). The molecular weight excluding hydrogens is 318 g/mol. The molecule has 1 heterocycles. The molecule has 110 valence electrons. The molecular formula is C15H22BrN3O. The Morgan fingerprint density at radius 3 is 2.90 bits per heavy atom. The summed E-state index contributed by atoms with van der Waals surface area (Å²) in [7, 11) is 0. The second kappa shape index (κ2) is 7.62. The minimum absolute atomic E-state index is 0.0447. The number of halogens is 1. The third-order valence-corrected chi connectivity index (χ3v) is 4.14. The van der Waals surface area contributed by atoms with Gasteiger partial charge >= 0.3 is 0 Å². The highest BCUT2D eigenvalue weighted by Crippen LogP contribution is 2.28. The van der Waals surface area contributed by atoms with Gasteiger partial charge in [0.2, 0.25) is 0 Å². The van der Waals surface area contributed by atoms with Gasteiger partial charge in [-0.2, -0.15) is 0 Å². The molecule has 0 saturated heterocycles. The minimum atomic E-state index is -0.0447. The van der Waals surface area contributed by atoms with E-state index < -0.39 is 0 Å². The van der Waals surface area contributed by atoms with Crippen LogP contribution in [-0.2, 0) is 0 Å². The van der Waals surface area contributed by atoms with E-state index in [1.165, 1.54) is 19.3 Å². The zero-order chi connectivity index (χ0) is 14.4. The summed E-state index contributed by atoms with van der Waals surface area (Å²) in [5.41, 5.74) is 0.612. The van der Waals surface area contributed by atoms with Crippen molar-refractivity contribution in [2.24, 2.45) is 5.92 Å². The fourth-order valence-electron chi connectivity index (χ4n) is 2.26. The molecule has 1 amide bonds. The number of carbonyl (C=O) groups is 1. The third-order valence-electron chi connectivity index (χ3n) is 3.70. The molecule has 0 unspecified atom stereocenters. The first-order valence-corrected chi connectivity index (χ1v) is 8.17. The summed E-state index contributed by atoms with van der Waals surface area (Å²) in [4.78, 5) is 16.5. The van der Waals surface area contributed by atoms with Gasteiger partial charge in [-0.05, 0) is 40.8 Å². The van der Waals surface area contributed by atoms with Crippen molar-refractivity contribution in [1.82, 2.24) is 10.3 Å². The molecule has 20 heavy (non-hydrogen) atoms. The van der Waals surface area contributed by atoms with Crippen molar-refractivity contribution in [2.45, 2.75) is 39.0 Å². The normalized spacial score (nSPS) is 14.7. The Morgan fingerprint density at radius 1 is 1.45 bits per heavy atom. The molecule has 0 aliphatic heterocycles. The molecule has 1 aromatic rings. The topological polar surface area (TPSA) is 54.0 Å². The molecule has 0 atom stereocenters. The van der Waals surface area contributed by atoms with Crippen molar-refractivity contribution in [3.05, 3.63) is 22.3 Å². The van der Waals surface area contributed by atoms with E-state index in [-0.39, 0.29) is 5.91 Å². The maximum Gasteiger partial charge on any atom is 0.255 e. The van der Waals surface area contributed by atoms with Gasteiger partial charge in [0, 0.05) is 23.8 Å². The lowest BCUT2D eigenvalue weighted by Gasteiger charge is -2.25. The first-order chi connectivity index (χ1) is 9.70. The smallest absolute Gasteiger partial charge is 0.255 e. The summed E-state index contributed by atoms with van der Waals surface area (Å²) in [5.74, 6) is 1.43. The molecule has 1 saturated carbocycles. The van der Waals surface area contributed by atoms with Crippen LogP contribution >= 0.6 is 15.9 Å². The highest BCUT2D eigenvalue weighted by atomic mass is 79.9. The van der Waals surface area contributed by atoms with Gasteiger partial charge in [-0.3, -0.25) is 4.79 Å². The van der Waals surface area contributed by atoms with Gasteiger partial charge in [0.1, 0.15) is 5.82 Å². The van der Waals surface area contributed by atoms with Crippen LogP contribution in [0.1, 0.15) is 49.4 Å². The number of anilines is 1. The molecule has 0 spiro atoms. The van der Waals surface area contributed by atoms with Gasteiger partial charge in [0.25, 0.3) is 5.91 Å². The van der Waals surface area contributed by atoms with Crippen molar-refractivity contribution in [3.8, 4) is 0 Å². The van der Waals surface area contributed by atoms with Gasteiger partial charge in [-0.15, -0.1) is 0 Å². The molecule has 1 fully saturated rings. The van der Waals surface area contributed by atoms with E-state index in [0.29, 0.717) is 11.4 Å². The Balaban J connectivity index is 1.93. The van der Waals surface area contributed by atoms with Gasteiger partial charge in [0.05, 0.1) is 5.56 Å². The van der Waals surface area contributed by atoms with Crippen LogP contribution in [0.3, 0.4) is 0 Å². The maximum atomic E-state index is 12.3. The van der Waals surface area contributed by atoms with Crippen LogP contribution in [-0.4, -0.2) is 24.0 Å². The number of rotatable bonds is 7. The predicted molar refractivity (Wildman–Crippen MR) is 85.0 cm³/mol. The highest BCUT2D eigenvalue weighted by molar-refractivity contribution is 9.10. The second-order valence-corrected chi connectivity index (χ2v) is 6.23. The Kier molecular flexibility index (Phi) is 5.83. The number of pyridine rings is 1. The van der Waals surface area contributed by atoms with E-state index in [1.54, 1.807) is 6.20 Å². The van der Waals surface area contributed by atoms with Crippen LogP contribution in [0.4, 0.5) is 5.82 Å². The minimum Gasteiger partial charge on any atom is -0.369 e. The van der Waals surface area contributed by atoms with Crippen LogP contribution in [0, 0.1) is 5.92 Å². The quantitative estimate of drug-likeness (QED) is 0.798. The fourth-order valence-corrected chi connectivity index (χ4v) is 2.59. The fraction of sp³-hybridized carbons (Fsp3) is 0.600. The van der Waals surface area contributed by atoms with E-state index >= 15 is 0 Å². The van der Waals surface area contributed by atoms with Crippen LogP contribution in [0.5, 0.6) is 0 Å². The molecule has 2 N–H and O–H groups in total. The number of aromatic nitrogens is 1. The van der Waals surface area contributed by atoms with Crippen LogP contribution in [0.15, 0.2) is 16.7 Å². The van der Waals surface area contributed by atoms with Crippen molar-refractivity contribution >= 4 is 27.7 Å². The molecule has 0 aromatic carbocycles. The number of nitrogens with one attached hydrogen (secondary N) is 2. The highest BCUT2D eigenvalue weighted by Gasteiger charge is 2.18. The molecule has 4 nitrogen and oxygen atoms in total. The first kappa shape index (κ1) is 15.3. The molecule has 0 radical (unpaired) electrons. The molecule has 5 heteroatoms. The Labute approximate surface area is 128 Å². The SMILES string of the molecule is CCCNc1ncc(Br)cc1C(=O)NCCC1CCC1. The van der Waals surface area contributed by atoms with Crippen LogP contribution < -0.4 is 10.6 Å². The number of amides is 1. The molecule has 1 aliphatic rings. The van der Waals surface area contributed by atoms with Crippen molar-refractivity contribution < 1.29 is 4.79 Å². The lowest BCUT2D eigenvalue weighted by Crippen LogP contribution is -2.28. The van der Waals surface area contributed by atoms with Gasteiger partial charge in [-0.1, -0.05) is 26.2 Å². The lowest BCUT2D eigenvalue weighted by molar-refractivity contribution is 0.0949. The number of hydrogen-bond donors (Lipinski definition) is 2.